The van der Waals surface area contributed by atoms with E-state index in [1.54, 1.807) is 0 Å². The van der Waals surface area contributed by atoms with Crippen LogP contribution in [0.4, 0.5) is 0 Å². The lowest BCUT2D eigenvalue weighted by Gasteiger charge is -2.29. The van der Waals surface area contributed by atoms with E-state index >= 15 is 0 Å². The van der Waals surface area contributed by atoms with Crippen LogP contribution in [0, 0.1) is 0 Å². The summed E-state index contributed by atoms with van der Waals surface area (Å²) >= 11 is 0. The van der Waals surface area contributed by atoms with Gasteiger partial charge >= 0.3 is 0 Å². The van der Waals surface area contributed by atoms with Crippen LogP contribution in [0.2, 0.25) is 0 Å². The van der Waals surface area contributed by atoms with E-state index in [4.69, 9.17) is 13.7 Å². The first-order valence-corrected chi connectivity index (χ1v) is 7.83. The molecular formula is C16H17N5O3. The van der Waals surface area contributed by atoms with Crippen LogP contribution in [0.1, 0.15) is 18.9 Å². The third-order valence-corrected chi connectivity index (χ3v) is 4.14. The summed E-state index contributed by atoms with van der Waals surface area (Å²) in [6.45, 7) is 5.29. The summed E-state index contributed by atoms with van der Waals surface area (Å²) in [6, 6.07) is 7.68. The van der Waals surface area contributed by atoms with Crippen LogP contribution in [0.25, 0.3) is 22.8 Å². The second kappa shape index (κ2) is 6.50. The molecule has 8 heteroatoms. The lowest BCUT2D eigenvalue weighted by Crippen LogP contribution is -2.38. The zero-order valence-corrected chi connectivity index (χ0v) is 13.3. The molecule has 1 aliphatic rings. The van der Waals surface area contributed by atoms with Gasteiger partial charge in [0.25, 0.3) is 0 Å². The van der Waals surface area contributed by atoms with Crippen molar-refractivity contribution < 1.29 is 13.7 Å². The number of morpholine rings is 1. The van der Waals surface area contributed by atoms with Gasteiger partial charge in [-0.1, -0.05) is 17.3 Å². The molecule has 1 atom stereocenters. The molecule has 3 aromatic rings. The highest BCUT2D eigenvalue weighted by Crippen LogP contribution is 2.25. The third-order valence-electron chi connectivity index (χ3n) is 4.14. The van der Waals surface area contributed by atoms with Crippen molar-refractivity contribution >= 4 is 0 Å². The minimum atomic E-state index is 0.0767. The molecule has 1 fully saturated rings. The minimum Gasteiger partial charge on any atom is -0.423 e. The van der Waals surface area contributed by atoms with Gasteiger partial charge in [0.2, 0.25) is 24.0 Å². The molecule has 24 heavy (non-hydrogen) atoms. The summed E-state index contributed by atoms with van der Waals surface area (Å²) in [4.78, 5) is 6.81. The van der Waals surface area contributed by atoms with E-state index in [1.807, 2.05) is 24.3 Å². The largest absolute Gasteiger partial charge is 0.423 e. The zero-order chi connectivity index (χ0) is 16.4. The van der Waals surface area contributed by atoms with Crippen LogP contribution in [0.3, 0.4) is 0 Å². The first kappa shape index (κ1) is 15.0. The van der Waals surface area contributed by atoms with Crippen LogP contribution >= 0.6 is 0 Å². The normalized spacial score (nSPS) is 17.0. The van der Waals surface area contributed by atoms with Gasteiger partial charge < -0.3 is 13.7 Å². The monoisotopic (exact) mass is 327 g/mol. The lowest BCUT2D eigenvalue weighted by molar-refractivity contribution is 0.0134. The molecule has 8 nitrogen and oxygen atoms in total. The Balaban J connectivity index is 1.52. The predicted octanol–water partition coefficient (Wildman–Crippen LogP) is 2.18. The number of hydrogen-bond donors (Lipinski definition) is 0. The number of rotatable bonds is 4. The van der Waals surface area contributed by atoms with Crippen molar-refractivity contribution in [1.29, 1.82) is 0 Å². The van der Waals surface area contributed by atoms with Crippen molar-refractivity contribution in [3.63, 3.8) is 0 Å². The Kier molecular flexibility index (Phi) is 4.06. The van der Waals surface area contributed by atoms with E-state index in [-0.39, 0.29) is 6.04 Å². The van der Waals surface area contributed by atoms with E-state index in [2.05, 4.69) is 32.2 Å². The molecule has 0 spiro atoms. The van der Waals surface area contributed by atoms with Gasteiger partial charge in [0.1, 0.15) is 0 Å². The molecule has 0 bridgehead atoms. The molecule has 0 saturated carbocycles. The molecule has 0 N–H and O–H groups in total. The van der Waals surface area contributed by atoms with Crippen LogP contribution in [-0.2, 0) is 4.74 Å². The second-order valence-corrected chi connectivity index (χ2v) is 5.60. The molecule has 0 amide bonds. The molecule has 1 aliphatic heterocycles. The van der Waals surface area contributed by atoms with Crippen molar-refractivity contribution in [3.8, 4) is 22.8 Å². The summed E-state index contributed by atoms with van der Waals surface area (Å²) in [6.07, 6.45) is 1.31. The van der Waals surface area contributed by atoms with Crippen LogP contribution in [0.5, 0.6) is 0 Å². The number of benzene rings is 1. The quantitative estimate of drug-likeness (QED) is 0.720. The molecular weight excluding hydrogens is 310 g/mol. The maximum Gasteiger partial charge on any atom is 0.247 e. The Hall–Kier alpha value is -2.58. The highest BCUT2D eigenvalue weighted by molar-refractivity contribution is 5.61. The minimum absolute atomic E-state index is 0.0767. The molecule has 1 saturated heterocycles. The fraction of sp³-hybridized carbons (Fsp3) is 0.375. The highest BCUT2D eigenvalue weighted by Gasteiger charge is 2.23. The zero-order valence-electron chi connectivity index (χ0n) is 13.3. The maximum absolute atomic E-state index is 5.45. The Bertz CT molecular complexity index is 778. The average molecular weight is 327 g/mol. The standard InChI is InChI=1S/C16H17N5O3/c1-11(21-6-8-22-9-7-21)15-18-14(20-24-15)12-2-4-13(5-3-12)16-19-17-10-23-16/h2-5,10-11H,6-9H2,1H3. The molecule has 2 aromatic heterocycles. The van der Waals surface area contributed by atoms with E-state index in [9.17, 15) is 0 Å². The summed E-state index contributed by atoms with van der Waals surface area (Å²) in [5.74, 6) is 1.67. The van der Waals surface area contributed by atoms with Crippen molar-refractivity contribution in [2.45, 2.75) is 13.0 Å². The van der Waals surface area contributed by atoms with E-state index < -0.39 is 0 Å². The van der Waals surface area contributed by atoms with E-state index in [0.717, 1.165) is 37.4 Å². The van der Waals surface area contributed by atoms with Gasteiger partial charge in [-0.2, -0.15) is 4.98 Å². The lowest BCUT2D eigenvalue weighted by atomic mass is 10.1. The van der Waals surface area contributed by atoms with Crippen molar-refractivity contribution in [1.82, 2.24) is 25.2 Å². The van der Waals surface area contributed by atoms with Crippen molar-refractivity contribution in [3.05, 3.63) is 36.5 Å². The van der Waals surface area contributed by atoms with Crippen LogP contribution in [-0.4, -0.2) is 51.5 Å². The summed E-state index contributed by atoms with van der Waals surface area (Å²) < 4.78 is 16.0. The van der Waals surface area contributed by atoms with Crippen molar-refractivity contribution in [2.24, 2.45) is 0 Å². The maximum atomic E-state index is 5.45. The molecule has 1 unspecified atom stereocenters. The number of nitrogens with zero attached hydrogens (tertiary/aromatic N) is 5. The average Bonchev–Trinajstić information content (AvgIpc) is 3.34. The van der Waals surface area contributed by atoms with Gasteiger partial charge in [-0.3, -0.25) is 4.90 Å². The molecule has 124 valence electrons. The summed E-state index contributed by atoms with van der Waals surface area (Å²) in [7, 11) is 0. The number of ether oxygens (including phenoxy) is 1. The van der Waals surface area contributed by atoms with E-state index in [1.165, 1.54) is 6.39 Å². The SMILES string of the molecule is CC(c1nc(-c2ccc(-c3nnco3)cc2)no1)N1CCOCC1. The number of aromatic nitrogens is 4. The van der Waals surface area contributed by atoms with Gasteiger partial charge in [-0.05, 0) is 19.1 Å². The summed E-state index contributed by atoms with van der Waals surface area (Å²) in [5, 5.41) is 11.7. The molecule has 3 heterocycles. The summed E-state index contributed by atoms with van der Waals surface area (Å²) in [5.41, 5.74) is 1.73. The van der Waals surface area contributed by atoms with Crippen LogP contribution in [0.15, 0.2) is 39.6 Å². The van der Waals surface area contributed by atoms with Gasteiger partial charge in [-0.25, -0.2) is 0 Å². The van der Waals surface area contributed by atoms with Crippen molar-refractivity contribution in [2.75, 3.05) is 26.3 Å². The molecule has 1 aromatic carbocycles. The van der Waals surface area contributed by atoms with Gasteiger partial charge in [0.05, 0.1) is 19.3 Å². The smallest absolute Gasteiger partial charge is 0.247 e. The topological polar surface area (TPSA) is 90.3 Å². The molecule has 4 rings (SSSR count). The first-order chi connectivity index (χ1) is 11.8. The van der Waals surface area contributed by atoms with Gasteiger partial charge in [0, 0.05) is 24.2 Å². The Morgan fingerprint density at radius 3 is 2.54 bits per heavy atom. The van der Waals surface area contributed by atoms with Gasteiger partial charge in [-0.15, -0.1) is 10.2 Å². The molecule has 0 radical (unpaired) electrons. The fourth-order valence-corrected chi connectivity index (χ4v) is 2.70. The third kappa shape index (κ3) is 2.93. The van der Waals surface area contributed by atoms with Gasteiger partial charge in [0.15, 0.2) is 0 Å². The fourth-order valence-electron chi connectivity index (χ4n) is 2.70. The number of hydrogen-bond acceptors (Lipinski definition) is 8. The van der Waals surface area contributed by atoms with E-state index in [0.29, 0.717) is 17.6 Å². The Morgan fingerprint density at radius 2 is 1.83 bits per heavy atom. The Morgan fingerprint density at radius 1 is 1.08 bits per heavy atom. The Labute approximate surface area is 138 Å². The van der Waals surface area contributed by atoms with Crippen LogP contribution < -0.4 is 0 Å². The second-order valence-electron chi connectivity index (χ2n) is 5.60. The predicted molar refractivity (Wildman–Crippen MR) is 83.8 cm³/mol. The first-order valence-electron chi connectivity index (χ1n) is 7.83. The highest BCUT2D eigenvalue weighted by atomic mass is 16.5. The molecule has 0 aliphatic carbocycles.